The molecule has 10 nitrogen and oxygen atoms in total. The van der Waals surface area contributed by atoms with E-state index in [0.29, 0.717) is 0 Å². The summed E-state index contributed by atoms with van der Waals surface area (Å²) in [6.07, 6.45) is 9.28. The Morgan fingerprint density at radius 2 is 1.77 bits per heavy atom. The molecule has 2 aromatic carbocycles. The molecule has 11 heteroatoms. The lowest BCUT2D eigenvalue weighted by atomic mass is 10.0. The summed E-state index contributed by atoms with van der Waals surface area (Å²) in [6, 6.07) is 12.2. The van der Waals surface area contributed by atoms with Crippen molar-refractivity contribution in [2.75, 3.05) is 19.6 Å². The van der Waals surface area contributed by atoms with E-state index >= 15 is 0 Å². The Labute approximate surface area is 254 Å². The number of carbonyl (C=O) groups is 2. The molecule has 0 unspecified atom stereocenters. The van der Waals surface area contributed by atoms with E-state index in [1.54, 1.807) is 17.0 Å². The number of carbonyl (C=O) groups excluding carboxylic acids is 1. The van der Waals surface area contributed by atoms with E-state index < -0.39 is 27.9 Å². The van der Waals surface area contributed by atoms with Crippen LogP contribution in [0.5, 0.6) is 0 Å². The van der Waals surface area contributed by atoms with Crippen LogP contribution in [-0.2, 0) is 45.4 Å². The van der Waals surface area contributed by atoms with Gasteiger partial charge in [0.15, 0.2) is 0 Å². The second-order valence-electron chi connectivity index (χ2n) is 10.9. The van der Waals surface area contributed by atoms with Crippen LogP contribution in [0.4, 0.5) is 0 Å². The summed E-state index contributed by atoms with van der Waals surface area (Å²) in [5, 5.41) is 12.1. The highest BCUT2D eigenvalue weighted by Gasteiger charge is 2.40. The molecule has 0 bridgehead atoms. The number of nitrogens with zero attached hydrogens (tertiary/aromatic N) is 3. The third kappa shape index (κ3) is 7.91. The third-order valence-corrected chi connectivity index (χ3v) is 9.86. The van der Waals surface area contributed by atoms with Gasteiger partial charge in [0.05, 0.1) is 11.1 Å². The Morgan fingerprint density at radius 1 is 1.07 bits per heavy atom. The highest BCUT2D eigenvalue weighted by molar-refractivity contribution is 7.89. The smallest absolute Gasteiger partial charge is 0.354 e. The first kappa shape index (κ1) is 32.0. The van der Waals surface area contributed by atoms with Crippen LogP contribution in [-0.4, -0.2) is 66.0 Å². The van der Waals surface area contributed by atoms with Gasteiger partial charge >= 0.3 is 5.97 Å². The highest BCUT2D eigenvalue weighted by atomic mass is 32.2. The van der Waals surface area contributed by atoms with Gasteiger partial charge < -0.3 is 21.1 Å². The molecule has 0 aromatic heterocycles. The average molecular weight is 608 g/mol. The number of fused-ring (bicyclic) bond motifs is 1. The van der Waals surface area contributed by atoms with Gasteiger partial charge in [-0.3, -0.25) is 4.79 Å². The molecule has 1 saturated heterocycles. The molecule has 1 amide bonds. The fourth-order valence-electron chi connectivity index (χ4n) is 5.52. The van der Waals surface area contributed by atoms with E-state index in [0.717, 1.165) is 62.1 Å². The van der Waals surface area contributed by atoms with Crippen molar-refractivity contribution < 1.29 is 23.1 Å². The van der Waals surface area contributed by atoms with Gasteiger partial charge in [0.2, 0.25) is 15.9 Å². The van der Waals surface area contributed by atoms with Crippen molar-refractivity contribution >= 4 is 27.6 Å². The van der Waals surface area contributed by atoms with Gasteiger partial charge in [-0.15, -0.1) is 0 Å². The summed E-state index contributed by atoms with van der Waals surface area (Å²) in [7, 11) is -4.02. The Balaban J connectivity index is 1.60. The number of hydrogen-bond acceptors (Lipinski definition) is 7. The third-order valence-electron chi connectivity index (χ3n) is 7.95. The van der Waals surface area contributed by atoms with Crippen LogP contribution in [0.3, 0.4) is 0 Å². The van der Waals surface area contributed by atoms with Gasteiger partial charge in [0, 0.05) is 26.2 Å². The first-order valence-electron chi connectivity index (χ1n) is 14.8. The Hall–Kier alpha value is -3.96. The van der Waals surface area contributed by atoms with Gasteiger partial charge in [-0.1, -0.05) is 56.7 Å². The number of amides is 1. The standard InChI is InChI=1S/C32H41N5O5S/c1-3-8-23-11-13-24(14-12-23)20-35-31(38)29-22-36(30(33)21-34-28(4-2)32(39)40)17-18-37(29)43(41,42)27-16-15-25-9-6-5-7-10-26(25)19-27/h4,11-16,19,21,29H,2-3,5-10,17-18,20,22,33H2,1H3,(H,35,38)(H,39,40)/b30-21+,34-28?/t29-/m1/s1. The molecule has 0 radical (unpaired) electrons. The zero-order chi connectivity index (χ0) is 31.0. The van der Waals surface area contributed by atoms with Gasteiger partial charge in [0.1, 0.15) is 17.6 Å². The number of piperazine rings is 1. The molecule has 1 aliphatic heterocycles. The van der Waals surface area contributed by atoms with Crippen molar-refractivity contribution in [1.29, 1.82) is 0 Å². The quantitative estimate of drug-likeness (QED) is 0.262. The molecular formula is C32H41N5O5S. The maximum Gasteiger partial charge on any atom is 0.354 e. The molecule has 0 spiro atoms. The van der Waals surface area contributed by atoms with Crippen LogP contribution < -0.4 is 11.1 Å². The van der Waals surface area contributed by atoms with Crippen molar-refractivity contribution in [2.45, 2.75) is 69.4 Å². The summed E-state index contributed by atoms with van der Waals surface area (Å²) in [5.41, 5.74) is 10.3. The van der Waals surface area contributed by atoms with Gasteiger partial charge in [-0.2, -0.15) is 4.31 Å². The summed E-state index contributed by atoms with van der Waals surface area (Å²) in [6.45, 7) is 5.98. The van der Waals surface area contributed by atoms with E-state index in [1.807, 2.05) is 30.3 Å². The van der Waals surface area contributed by atoms with E-state index in [4.69, 9.17) is 5.73 Å². The molecule has 2 aliphatic rings. The molecule has 0 saturated carbocycles. The van der Waals surface area contributed by atoms with E-state index in [9.17, 15) is 23.1 Å². The number of carboxylic acid groups (broad SMARTS) is 1. The number of carboxylic acids is 1. The minimum absolute atomic E-state index is 0.00865. The fourth-order valence-corrected chi connectivity index (χ4v) is 7.14. The minimum Gasteiger partial charge on any atom is -0.477 e. The maximum absolute atomic E-state index is 14.0. The lowest BCUT2D eigenvalue weighted by molar-refractivity contribution is -0.129. The molecule has 43 heavy (non-hydrogen) atoms. The molecule has 1 aliphatic carbocycles. The van der Waals surface area contributed by atoms with E-state index in [2.05, 4.69) is 23.8 Å². The average Bonchev–Trinajstić information content (AvgIpc) is 3.25. The van der Waals surface area contributed by atoms with Crippen molar-refractivity contribution in [3.63, 3.8) is 0 Å². The number of rotatable bonds is 11. The van der Waals surface area contributed by atoms with Gasteiger partial charge in [-0.05, 0) is 72.6 Å². The maximum atomic E-state index is 14.0. The second kappa shape index (κ2) is 14.5. The number of aliphatic imine (C=N–C) groups is 1. The molecule has 230 valence electrons. The zero-order valence-electron chi connectivity index (χ0n) is 24.7. The topological polar surface area (TPSA) is 145 Å². The second-order valence-corrected chi connectivity index (χ2v) is 12.8. The van der Waals surface area contributed by atoms with E-state index in [1.165, 1.54) is 21.6 Å². The minimum atomic E-state index is -4.02. The van der Waals surface area contributed by atoms with Crippen molar-refractivity contribution in [3.05, 3.63) is 89.4 Å². The van der Waals surface area contributed by atoms with Crippen LogP contribution in [0.2, 0.25) is 0 Å². The predicted molar refractivity (Wildman–Crippen MR) is 167 cm³/mol. The predicted octanol–water partition coefficient (Wildman–Crippen LogP) is 3.37. The van der Waals surface area contributed by atoms with Crippen molar-refractivity contribution in [2.24, 2.45) is 10.7 Å². The van der Waals surface area contributed by atoms with Crippen LogP contribution in [0.25, 0.3) is 0 Å². The number of aryl methyl sites for hydroxylation is 3. The lowest BCUT2D eigenvalue weighted by Crippen LogP contribution is -2.60. The number of nitrogens with two attached hydrogens (primary N) is 1. The Kier molecular flexibility index (Phi) is 10.8. The normalized spacial score (nSPS) is 18.4. The number of benzene rings is 2. The van der Waals surface area contributed by atoms with Gasteiger partial charge in [0.25, 0.3) is 0 Å². The fraction of sp³-hybridized carbons (Fsp3) is 0.406. The number of nitrogens with one attached hydrogen (secondary N) is 1. The van der Waals surface area contributed by atoms with Crippen LogP contribution >= 0.6 is 0 Å². The summed E-state index contributed by atoms with van der Waals surface area (Å²) in [5.74, 6) is -1.59. The largest absolute Gasteiger partial charge is 0.477 e. The molecular weight excluding hydrogens is 566 g/mol. The summed E-state index contributed by atoms with van der Waals surface area (Å²) >= 11 is 0. The molecule has 2 aromatic rings. The lowest BCUT2D eigenvalue weighted by Gasteiger charge is -2.40. The summed E-state index contributed by atoms with van der Waals surface area (Å²) in [4.78, 5) is 30.6. The number of sulfonamides is 1. The van der Waals surface area contributed by atoms with Crippen LogP contribution in [0.15, 0.2) is 77.0 Å². The molecule has 4 rings (SSSR count). The number of hydrogen-bond donors (Lipinski definition) is 3. The Bertz CT molecular complexity index is 1500. The Morgan fingerprint density at radius 3 is 2.44 bits per heavy atom. The van der Waals surface area contributed by atoms with Crippen molar-refractivity contribution in [3.8, 4) is 0 Å². The molecule has 1 heterocycles. The SMILES string of the molecule is C=CC(=N/C=C(\N)N1CCN(S(=O)(=O)c2ccc3c(c2)CCCCC3)[C@@H](C(=O)NCc2ccc(CCC)cc2)C1)C(=O)O. The number of aliphatic carboxylic acids is 1. The highest BCUT2D eigenvalue weighted by Crippen LogP contribution is 2.28. The first-order chi connectivity index (χ1) is 20.6. The monoisotopic (exact) mass is 607 g/mol. The molecule has 1 fully saturated rings. The first-order valence-corrected chi connectivity index (χ1v) is 16.2. The van der Waals surface area contributed by atoms with E-state index in [-0.39, 0.29) is 42.6 Å². The molecule has 4 N–H and O–H groups in total. The molecule has 1 atom stereocenters. The zero-order valence-corrected chi connectivity index (χ0v) is 25.5. The summed E-state index contributed by atoms with van der Waals surface area (Å²) < 4.78 is 29.3. The van der Waals surface area contributed by atoms with Crippen LogP contribution in [0.1, 0.15) is 54.9 Å². The van der Waals surface area contributed by atoms with Crippen molar-refractivity contribution in [1.82, 2.24) is 14.5 Å². The van der Waals surface area contributed by atoms with Crippen LogP contribution in [0, 0.1) is 0 Å². The van der Waals surface area contributed by atoms with Gasteiger partial charge in [-0.25, -0.2) is 18.2 Å².